The topological polar surface area (TPSA) is 232 Å². The Kier molecular flexibility index (Phi) is 12.6. The molecule has 0 aromatic heterocycles. The van der Waals surface area contributed by atoms with Gasteiger partial charge in [-0.25, -0.2) is 18.0 Å². The van der Waals surface area contributed by atoms with Crippen LogP contribution in [-0.4, -0.2) is 113 Å². The minimum Gasteiger partial charge on any atom is -0.464 e. The molecule has 0 bridgehead atoms. The van der Waals surface area contributed by atoms with Gasteiger partial charge in [-0.3, -0.25) is 19.7 Å². The van der Waals surface area contributed by atoms with E-state index in [0.717, 1.165) is 21.3 Å². The fourth-order valence-corrected chi connectivity index (χ4v) is 7.19. The number of amides is 3. The Morgan fingerprint density at radius 1 is 1.24 bits per heavy atom. The van der Waals surface area contributed by atoms with Crippen molar-refractivity contribution in [3.8, 4) is 0 Å². The van der Waals surface area contributed by atoms with Gasteiger partial charge in [0.2, 0.25) is 21.8 Å². The maximum atomic E-state index is 14.1. The molecule has 1 aromatic carbocycles. The van der Waals surface area contributed by atoms with Gasteiger partial charge in [-0.2, -0.15) is 4.31 Å². The van der Waals surface area contributed by atoms with Crippen LogP contribution in [0.5, 0.6) is 0 Å². The van der Waals surface area contributed by atoms with Crippen molar-refractivity contribution in [3.63, 3.8) is 0 Å². The average Bonchev–Trinajstić information content (AvgIpc) is 3.60. The number of rotatable bonds is 16. The molecule has 1 aliphatic carbocycles. The molecule has 270 valence electrons. The molecule has 0 spiro atoms. The predicted octanol–water partition coefficient (Wildman–Crippen LogP) is 1.04. The number of nitro benzene ring substituents is 1. The van der Waals surface area contributed by atoms with Gasteiger partial charge in [0.15, 0.2) is 4.90 Å². The Morgan fingerprint density at radius 2 is 1.92 bits per heavy atom. The number of esters is 1. The van der Waals surface area contributed by atoms with Crippen LogP contribution >= 0.6 is 0 Å². The van der Waals surface area contributed by atoms with E-state index in [1.807, 2.05) is 0 Å². The first-order valence-corrected chi connectivity index (χ1v) is 17.1. The summed E-state index contributed by atoms with van der Waals surface area (Å²) in [4.78, 5) is 75.7. The highest BCUT2D eigenvalue weighted by Gasteiger charge is 2.62. The molecule has 2 aliphatic rings. The largest absolute Gasteiger partial charge is 0.464 e. The molecule has 1 aromatic rings. The number of carbonyl (C=O) groups excluding carboxylic acids is 5. The van der Waals surface area contributed by atoms with Crippen molar-refractivity contribution in [2.45, 2.75) is 87.6 Å². The zero-order chi connectivity index (χ0) is 36.7. The Morgan fingerprint density at radius 3 is 2.49 bits per heavy atom. The summed E-state index contributed by atoms with van der Waals surface area (Å²) in [5.41, 5.74) is -3.09. The molecule has 17 nitrogen and oxygen atoms in total. The van der Waals surface area contributed by atoms with E-state index >= 15 is 0 Å². The number of alkyl carbamates (subject to hydrolysis) is 1. The van der Waals surface area contributed by atoms with E-state index in [1.165, 1.54) is 18.2 Å². The van der Waals surface area contributed by atoms with Crippen molar-refractivity contribution in [3.05, 3.63) is 47.0 Å². The molecule has 1 heterocycles. The second-order valence-corrected chi connectivity index (χ2v) is 14.6. The van der Waals surface area contributed by atoms with Crippen LogP contribution in [0.15, 0.2) is 41.8 Å². The summed E-state index contributed by atoms with van der Waals surface area (Å²) < 4.78 is 38.5. The van der Waals surface area contributed by atoms with Crippen LogP contribution in [0, 0.1) is 16.0 Å². The second kappa shape index (κ2) is 15.9. The van der Waals surface area contributed by atoms with Crippen molar-refractivity contribution in [1.29, 1.82) is 0 Å². The highest BCUT2D eigenvalue weighted by Crippen LogP contribution is 2.45. The van der Waals surface area contributed by atoms with Crippen molar-refractivity contribution in [1.82, 2.24) is 19.8 Å². The Balaban J connectivity index is 1.93. The summed E-state index contributed by atoms with van der Waals surface area (Å²) in [5.74, 6) is -2.73. The third-order valence-corrected chi connectivity index (χ3v) is 9.93. The number of nitrogens with one attached hydrogen (secondary N) is 2. The number of para-hydroxylation sites is 1. The van der Waals surface area contributed by atoms with E-state index in [2.05, 4.69) is 17.2 Å². The van der Waals surface area contributed by atoms with Crippen LogP contribution < -0.4 is 10.6 Å². The molecular weight excluding hydrogens is 666 g/mol. The van der Waals surface area contributed by atoms with Gasteiger partial charge in [0, 0.05) is 44.5 Å². The molecule has 0 unspecified atom stereocenters. The van der Waals surface area contributed by atoms with Gasteiger partial charge in [-0.15, -0.1) is 6.58 Å². The SMILES string of the molecule is C=C[C@@H]1C[C@]1(NC(=O)[C@@H]1C[C@@H](O)CN1C(=O)[C@H](CCN(CCC=O)S(=O)(=O)c1ccccc1[N+](=O)[O-])NC(=O)OC(C)(C)C)C(=O)OCC. The van der Waals surface area contributed by atoms with Crippen LogP contribution in [0.4, 0.5) is 10.5 Å². The number of benzene rings is 1. The number of aliphatic hydroxyl groups is 1. The quantitative estimate of drug-likeness (QED) is 0.0719. The molecular formula is C31H43N5O12S. The smallest absolute Gasteiger partial charge is 0.408 e. The van der Waals surface area contributed by atoms with Crippen molar-refractivity contribution >= 4 is 45.9 Å². The highest BCUT2D eigenvalue weighted by molar-refractivity contribution is 7.89. The van der Waals surface area contributed by atoms with E-state index in [0.29, 0.717) is 6.29 Å². The molecule has 3 rings (SSSR count). The number of ether oxygens (including phenoxy) is 2. The molecule has 1 saturated carbocycles. The van der Waals surface area contributed by atoms with E-state index in [4.69, 9.17) is 9.47 Å². The van der Waals surface area contributed by atoms with Crippen molar-refractivity contribution < 1.29 is 51.9 Å². The summed E-state index contributed by atoms with van der Waals surface area (Å²) in [6.45, 7) is 8.85. The summed E-state index contributed by atoms with van der Waals surface area (Å²) in [6.07, 6.45) is -0.936. The lowest BCUT2D eigenvalue weighted by molar-refractivity contribution is -0.387. The average molecular weight is 710 g/mol. The molecule has 2 fully saturated rings. The maximum absolute atomic E-state index is 14.1. The van der Waals surface area contributed by atoms with Gasteiger partial charge in [0.05, 0.1) is 17.6 Å². The number of sulfonamides is 1. The number of nitro groups is 1. The molecule has 3 N–H and O–H groups in total. The first-order valence-electron chi connectivity index (χ1n) is 15.7. The van der Waals surface area contributed by atoms with Gasteiger partial charge < -0.3 is 34.9 Å². The number of nitrogens with zero attached hydrogens (tertiary/aromatic N) is 3. The van der Waals surface area contributed by atoms with Crippen LogP contribution in [-0.2, 0) is 38.7 Å². The van der Waals surface area contributed by atoms with Crippen molar-refractivity contribution in [2.24, 2.45) is 5.92 Å². The van der Waals surface area contributed by atoms with Crippen molar-refractivity contribution in [2.75, 3.05) is 26.2 Å². The fraction of sp³-hybridized carbons (Fsp3) is 0.581. The lowest BCUT2D eigenvalue weighted by Crippen LogP contribution is -2.57. The Hall–Kier alpha value is -4.42. The number of hydrogen-bond donors (Lipinski definition) is 3. The first kappa shape index (κ1) is 39.0. The Labute approximate surface area is 284 Å². The molecule has 1 saturated heterocycles. The lowest BCUT2D eigenvalue weighted by atomic mass is 10.1. The van der Waals surface area contributed by atoms with E-state index in [-0.39, 0.29) is 32.4 Å². The second-order valence-electron chi connectivity index (χ2n) is 12.7. The third kappa shape index (κ3) is 9.39. The van der Waals surface area contributed by atoms with Gasteiger partial charge in [0.25, 0.3) is 5.69 Å². The predicted molar refractivity (Wildman–Crippen MR) is 172 cm³/mol. The number of carbonyl (C=O) groups is 5. The van der Waals surface area contributed by atoms with E-state index < -0.39 is 104 Å². The molecule has 49 heavy (non-hydrogen) atoms. The lowest BCUT2D eigenvalue weighted by Gasteiger charge is -2.31. The van der Waals surface area contributed by atoms with Gasteiger partial charge in [-0.1, -0.05) is 18.2 Å². The number of likely N-dealkylation sites (tertiary alicyclic amines) is 1. The first-order chi connectivity index (χ1) is 22.9. The van der Waals surface area contributed by atoms with Crippen LogP contribution in [0.2, 0.25) is 0 Å². The normalized spacial score (nSPS) is 22.5. The number of aliphatic hydroxyl groups excluding tert-OH is 1. The van der Waals surface area contributed by atoms with E-state index in [1.54, 1.807) is 27.7 Å². The van der Waals surface area contributed by atoms with Crippen LogP contribution in [0.1, 0.15) is 53.4 Å². The molecule has 0 radical (unpaired) electrons. The molecule has 1 aliphatic heterocycles. The summed E-state index contributed by atoms with van der Waals surface area (Å²) in [5, 5.41) is 27.2. The standard InChI is InChI=1S/C31H43N5O12S/c1-6-20-18-31(20,28(41)47-7-2)33-26(39)24-17-21(38)19-35(24)27(40)22(32-29(42)48-30(3,4)5)13-15-34(14-10-16-37)49(45,46)25-12-9-8-11-23(25)36(43)44/h6,8-9,11-12,16,20-22,24,38H,1,7,10,13-15,17-19H2,2-5H3,(H,32,42)(H,33,39)/t20-,21-,22+,24+,31-/m1/s1. The van der Waals surface area contributed by atoms with Gasteiger partial charge in [0.1, 0.15) is 29.5 Å². The summed E-state index contributed by atoms with van der Waals surface area (Å²) in [7, 11) is -4.61. The summed E-state index contributed by atoms with van der Waals surface area (Å²) >= 11 is 0. The zero-order valence-corrected chi connectivity index (χ0v) is 28.6. The molecule has 5 atom stereocenters. The van der Waals surface area contributed by atoms with E-state index in [9.17, 15) is 47.6 Å². The fourth-order valence-electron chi connectivity index (χ4n) is 5.57. The maximum Gasteiger partial charge on any atom is 0.408 e. The molecule has 3 amide bonds. The highest BCUT2D eigenvalue weighted by atomic mass is 32.2. The number of β-amino-alcohol motifs (C(OH)–C–C–N with tert-alkyl or cyclic N) is 1. The van der Waals surface area contributed by atoms with Crippen LogP contribution in [0.25, 0.3) is 0 Å². The van der Waals surface area contributed by atoms with Crippen LogP contribution in [0.3, 0.4) is 0 Å². The third-order valence-electron chi connectivity index (χ3n) is 7.98. The monoisotopic (exact) mass is 709 g/mol. The minimum absolute atomic E-state index is 0.0578. The molecule has 18 heteroatoms. The minimum atomic E-state index is -4.61. The number of aldehydes is 1. The summed E-state index contributed by atoms with van der Waals surface area (Å²) in [6, 6.07) is 1.82. The van der Waals surface area contributed by atoms with Gasteiger partial charge >= 0.3 is 12.1 Å². The number of hydrogen-bond acceptors (Lipinski definition) is 12. The zero-order valence-electron chi connectivity index (χ0n) is 27.8. The van der Waals surface area contributed by atoms with Gasteiger partial charge in [-0.05, 0) is 46.6 Å². The Bertz CT molecular complexity index is 1560.